The third-order valence-corrected chi connectivity index (χ3v) is 3.27. The zero-order valence-electron chi connectivity index (χ0n) is 13.8. The average molecular weight is 363 g/mol. The molecule has 0 spiro atoms. The smallest absolute Gasteiger partial charge is 0.337 e. The molecular weight excluding hydrogens is 346 g/mol. The minimum absolute atomic E-state index is 0.104. The Kier molecular flexibility index (Phi) is 6.19. The molecule has 1 aromatic carbocycles. The lowest BCUT2D eigenvalue weighted by molar-refractivity contribution is 0.0600. The summed E-state index contributed by atoms with van der Waals surface area (Å²) in [4.78, 5) is 34.9. The van der Waals surface area contributed by atoms with Crippen LogP contribution >= 0.6 is 0 Å². The van der Waals surface area contributed by atoms with E-state index in [1.165, 1.54) is 7.11 Å². The van der Waals surface area contributed by atoms with Gasteiger partial charge in [0, 0.05) is 0 Å². The number of esters is 1. The Balaban J connectivity index is 2.05. The zero-order chi connectivity index (χ0) is 19.1. The monoisotopic (exact) mass is 363 g/mol. The fourth-order valence-electron chi connectivity index (χ4n) is 2.04. The lowest BCUT2D eigenvalue weighted by atomic mass is 10.2. The van der Waals surface area contributed by atoms with E-state index in [1.54, 1.807) is 24.3 Å². The number of carbonyl (C=O) groups is 3. The van der Waals surface area contributed by atoms with Gasteiger partial charge in [0.05, 0.1) is 19.2 Å². The molecule has 0 aliphatic rings. The van der Waals surface area contributed by atoms with Crippen LogP contribution in [0, 0.1) is 0 Å². The van der Waals surface area contributed by atoms with Gasteiger partial charge in [-0.3, -0.25) is 20.4 Å². The van der Waals surface area contributed by atoms with E-state index < -0.39 is 17.8 Å². The highest BCUT2D eigenvalue weighted by Gasteiger charge is 2.24. The predicted molar refractivity (Wildman–Crippen MR) is 86.6 cm³/mol. The van der Waals surface area contributed by atoms with Crippen molar-refractivity contribution in [3.63, 3.8) is 0 Å². The summed E-state index contributed by atoms with van der Waals surface area (Å²) in [5.74, 6) is 8.65. The van der Waals surface area contributed by atoms with E-state index in [2.05, 4.69) is 15.0 Å². The van der Waals surface area contributed by atoms with Crippen molar-refractivity contribution < 1.29 is 23.9 Å². The molecule has 0 saturated carbocycles. The Hall–Kier alpha value is -3.51. The van der Waals surface area contributed by atoms with Gasteiger partial charge in [-0.1, -0.05) is 5.21 Å². The summed E-state index contributed by atoms with van der Waals surface area (Å²) in [5, 5.41) is 7.35. The van der Waals surface area contributed by atoms with Crippen LogP contribution in [0.5, 0.6) is 5.75 Å². The van der Waals surface area contributed by atoms with Crippen molar-refractivity contribution >= 4 is 17.8 Å². The SMILES string of the molecule is COC(=O)c1ccc(OCCn2nnc(C(=O)NN)c2C(=O)NN)cc1. The molecule has 26 heavy (non-hydrogen) atoms. The summed E-state index contributed by atoms with van der Waals surface area (Å²) in [6.45, 7) is 0.210. The molecule has 0 saturated heterocycles. The Morgan fingerprint density at radius 1 is 1.12 bits per heavy atom. The van der Waals surface area contributed by atoms with E-state index in [0.29, 0.717) is 11.3 Å². The highest BCUT2D eigenvalue weighted by atomic mass is 16.5. The van der Waals surface area contributed by atoms with Gasteiger partial charge in [-0.05, 0) is 24.3 Å². The second-order valence-corrected chi connectivity index (χ2v) is 4.82. The number of methoxy groups -OCH3 is 1. The number of hydrogen-bond acceptors (Lipinski definition) is 9. The van der Waals surface area contributed by atoms with Gasteiger partial charge in [0.15, 0.2) is 11.4 Å². The molecule has 138 valence electrons. The zero-order valence-corrected chi connectivity index (χ0v) is 13.8. The fourth-order valence-corrected chi connectivity index (χ4v) is 2.04. The lowest BCUT2D eigenvalue weighted by Crippen LogP contribution is -2.36. The van der Waals surface area contributed by atoms with Crippen LogP contribution in [0.15, 0.2) is 24.3 Å². The van der Waals surface area contributed by atoms with Crippen LogP contribution in [-0.4, -0.2) is 46.5 Å². The molecule has 0 bridgehead atoms. The van der Waals surface area contributed by atoms with Gasteiger partial charge in [-0.25, -0.2) is 21.2 Å². The number of benzene rings is 1. The first kappa shape index (κ1) is 18.8. The van der Waals surface area contributed by atoms with Crippen LogP contribution in [0.3, 0.4) is 0 Å². The van der Waals surface area contributed by atoms with Gasteiger partial charge in [0.1, 0.15) is 12.4 Å². The molecule has 12 heteroatoms. The molecule has 0 radical (unpaired) electrons. The number of nitrogens with zero attached hydrogens (tertiary/aromatic N) is 3. The van der Waals surface area contributed by atoms with E-state index >= 15 is 0 Å². The molecule has 0 unspecified atom stereocenters. The van der Waals surface area contributed by atoms with Gasteiger partial charge in [0.25, 0.3) is 11.8 Å². The highest BCUT2D eigenvalue weighted by molar-refractivity contribution is 6.04. The molecule has 12 nitrogen and oxygen atoms in total. The van der Waals surface area contributed by atoms with Crippen LogP contribution in [0.1, 0.15) is 31.3 Å². The molecular formula is C14H17N7O5. The van der Waals surface area contributed by atoms with Crippen LogP contribution in [0.4, 0.5) is 0 Å². The van der Waals surface area contributed by atoms with Gasteiger partial charge >= 0.3 is 5.97 Å². The third-order valence-electron chi connectivity index (χ3n) is 3.27. The first-order chi connectivity index (χ1) is 12.5. The number of hydrogen-bond donors (Lipinski definition) is 4. The standard InChI is InChI=1S/C14H17N7O5/c1-25-14(24)8-2-4-9(5-3-8)26-7-6-21-11(13(23)18-16)10(19-20-21)12(22)17-15/h2-5H,6-7,15-16H2,1H3,(H,17,22)(H,18,23). The second kappa shape index (κ2) is 8.55. The summed E-state index contributed by atoms with van der Waals surface area (Å²) in [6, 6.07) is 6.28. The van der Waals surface area contributed by atoms with Crippen molar-refractivity contribution in [1.29, 1.82) is 0 Å². The number of nitrogens with one attached hydrogen (secondary N) is 2. The maximum Gasteiger partial charge on any atom is 0.337 e. The van der Waals surface area contributed by atoms with Crippen molar-refractivity contribution in [2.24, 2.45) is 11.7 Å². The van der Waals surface area contributed by atoms with Crippen LogP contribution < -0.4 is 27.3 Å². The number of amides is 2. The summed E-state index contributed by atoms with van der Waals surface area (Å²) in [5.41, 5.74) is 3.75. The molecule has 6 N–H and O–H groups in total. The Morgan fingerprint density at radius 2 is 1.77 bits per heavy atom. The third kappa shape index (κ3) is 4.12. The maximum absolute atomic E-state index is 11.9. The van der Waals surface area contributed by atoms with E-state index in [9.17, 15) is 14.4 Å². The topological polar surface area (TPSA) is 176 Å². The van der Waals surface area contributed by atoms with Gasteiger partial charge in [-0.15, -0.1) is 5.10 Å². The second-order valence-electron chi connectivity index (χ2n) is 4.82. The van der Waals surface area contributed by atoms with Crippen molar-refractivity contribution in [2.75, 3.05) is 13.7 Å². The lowest BCUT2D eigenvalue weighted by Gasteiger charge is -2.09. The van der Waals surface area contributed by atoms with Crippen molar-refractivity contribution in [2.45, 2.75) is 6.54 Å². The van der Waals surface area contributed by atoms with Crippen molar-refractivity contribution in [3.05, 3.63) is 41.2 Å². The Morgan fingerprint density at radius 3 is 2.35 bits per heavy atom. The largest absolute Gasteiger partial charge is 0.492 e. The van der Waals surface area contributed by atoms with Gasteiger partial charge in [-0.2, -0.15) is 0 Å². The normalized spacial score (nSPS) is 10.1. The summed E-state index contributed by atoms with van der Waals surface area (Å²) in [6.07, 6.45) is 0. The first-order valence-corrected chi connectivity index (χ1v) is 7.28. The molecule has 2 amide bonds. The van der Waals surface area contributed by atoms with E-state index in [0.717, 1.165) is 4.68 Å². The first-order valence-electron chi connectivity index (χ1n) is 7.28. The highest BCUT2D eigenvalue weighted by Crippen LogP contribution is 2.13. The molecule has 2 aromatic rings. The molecule has 1 heterocycles. The number of rotatable bonds is 7. The molecule has 1 aromatic heterocycles. The van der Waals surface area contributed by atoms with E-state index in [-0.39, 0.29) is 24.5 Å². The molecule has 0 fully saturated rings. The fraction of sp³-hybridized carbons (Fsp3) is 0.214. The van der Waals surface area contributed by atoms with Crippen molar-refractivity contribution in [3.8, 4) is 5.75 Å². The molecule has 0 aliphatic heterocycles. The Bertz CT molecular complexity index is 803. The molecule has 2 rings (SSSR count). The number of carbonyl (C=O) groups excluding carboxylic acids is 3. The van der Waals surface area contributed by atoms with Gasteiger partial charge in [0.2, 0.25) is 0 Å². The van der Waals surface area contributed by atoms with Crippen LogP contribution in [-0.2, 0) is 11.3 Å². The maximum atomic E-state index is 11.9. The number of aromatic nitrogens is 3. The van der Waals surface area contributed by atoms with Gasteiger partial charge < -0.3 is 9.47 Å². The summed E-state index contributed by atoms with van der Waals surface area (Å²) >= 11 is 0. The number of ether oxygens (including phenoxy) is 2. The predicted octanol–water partition coefficient (Wildman–Crippen LogP) is -1.65. The number of nitrogen functional groups attached to an aromatic ring is 2. The minimum atomic E-state index is -0.783. The van der Waals surface area contributed by atoms with Crippen LogP contribution in [0.2, 0.25) is 0 Å². The number of hydrazine groups is 2. The number of nitrogens with two attached hydrogens (primary N) is 2. The van der Waals surface area contributed by atoms with E-state index in [4.69, 9.17) is 16.4 Å². The minimum Gasteiger partial charge on any atom is -0.492 e. The van der Waals surface area contributed by atoms with E-state index in [1.807, 2.05) is 10.9 Å². The summed E-state index contributed by atoms with van der Waals surface area (Å²) < 4.78 is 11.3. The average Bonchev–Trinajstić information content (AvgIpc) is 3.10. The van der Waals surface area contributed by atoms with Crippen LogP contribution in [0.25, 0.3) is 0 Å². The summed E-state index contributed by atoms with van der Waals surface area (Å²) in [7, 11) is 1.29. The molecule has 0 atom stereocenters. The molecule has 0 aliphatic carbocycles. The van der Waals surface area contributed by atoms with Crippen molar-refractivity contribution in [1.82, 2.24) is 25.8 Å². The quantitative estimate of drug-likeness (QED) is 0.194. The Labute approximate surface area is 147 Å².